The van der Waals surface area contributed by atoms with E-state index in [-0.39, 0.29) is 17.9 Å². The minimum atomic E-state index is -1.13. The summed E-state index contributed by atoms with van der Waals surface area (Å²) in [5, 5.41) is 18.3. The predicted octanol–water partition coefficient (Wildman–Crippen LogP) is -1.01. The zero-order valence-electron chi connectivity index (χ0n) is 11.2. The first-order valence-electron chi connectivity index (χ1n) is 6.39. The minimum Gasteiger partial charge on any atom is -0.382 e. The fourth-order valence-electron chi connectivity index (χ4n) is 2.13. The van der Waals surface area contributed by atoms with Crippen molar-refractivity contribution in [3.63, 3.8) is 0 Å². The third-order valence-corrected chi connectivity index (χ3v) is 3.15. The van der Waals surface area contributed by atoms with Gasteiger partial charge in [0.05, 0.1) is 0 Å². The molecule has 1 rings (SSSR count). The van der Waals surface area contributed by atoms with Gasteiger partial charge in [0.25, 0.3) is 5.91 Å². The highest BCUT2D eigenvalue weighted by Crippen LogP contribution is 2.17. The van der Waals surface area contributed by atoms with Crippen LogP contribution in [0.25, 0.3) is 0 Å². The molecule has 2 amide bonds. The van der Waals surface area contributed by atoms with E-state index in [0.717, 1.165) is 6.42 Å². The summed E-state index contributed by atoms with van der Waals surface area (Å²) in [6.07, 6.45) is 0.0932. The molecule has 6 heteroatoms. The lowest BCUT2D eigenvalue weighted by atomic mass is 9.94. The largest absolute Gasteiger partial charge is 0.382 e. The Balaban J connectivity index is 2.53. The van der Waals surface area contributed by atoms with Crippen LogP contribution < -0.4 is 16.0 Å². The maximum Gasteiger partial charge on any atom is 0.250 e. The van der Waals surface area contributed by atoms with E-state index in [1.165, 1.54) is 0 Å². The van der Waals surface area contributed by atoms with Crippen LogP contribution in [0.1, 0.15) is 26.7 Å². The first-order valence-corrected chi connectivity index (χ1v) is 6.39. The van der Waals surface area contributed by atoms with Crippen molar-refractivity contribution in [3.05, 3.63) is 0 Å². The van der Waals surface area contributed by atoms with Crippen LogP contribution in [-0.4, -0.2) is 48.7 Å². The molecule has 1 saturated heterocycles. The molecule has 0 radical (unpaired) electrons. The molecular weight excluding hydrogens is 234 g/mol. The molecular formula is C12H23N3O3. The smallest absolute Gasteiger partial charge is 0.250 e. The average Bonchev–Trinajstić information content (AvgIpc) is 2.70. The highest BCUT2D eigenvalue weighted by Gasteiger charge is 2.32. The highest BCUT2D eigenvalue weighted by molar-refractivity contribution is 5.82. The van der Waals surface area contributed by atoms with E-state index in [0.29, 0.717) is 13.0 Å². The van der Waals surface area contributed by atoms with Gasteiger partial charge in [-0.15, -0.1) is 0 Å². The number of carbonyl (C=O) groups is 2. The fraction of sp³-hybridized carbons (Fsp3) is 0.833. The normalized spacial score (nSPS) is 22.7. The standard InChI is InChI=1S/C12H23N3O3/c1-7(2)15-12(18)10(16)9(13-3)6-8-4-5-14-11(8)17/h7-10,13,16H,4-6H2,1-3H3,(H,14,17)(H,15,18). The van der Waals surface area contributed by atoms with Crippen LogP contribution in [0.5, 0.6) is 0 Å². The van der Waals surface area contributed by atoms with Gasteiger partial charge in [-0.25, -0.2) is 0 Å². The molecule has 0 aromatic carbocycles. The Kier molecular flexibility index (Phi) is 5.55. The van der Waals surface area contributed by atoms with Crippen LogP contribution in [0.2, 0.25) is 0 Å². The second kappa shape index (κ2) is 6.70. The Morgan fingerprint density at radius 3 is 2.67 bits per heavy atom. The molecule has 104 valence electrons. The molecule has 6 nitrogen and oxygen atoms in total. The molecule has 3 unspecified atom stereocenters. The van der Waals surface area contributed by atoms with Crippen molar-refractivity contribution in [2.45, 2.75) is 44.9 Å². The minimum absolute atomic E-state index is 0.00622. The number of hydrogen-bond donors (Lipinski definition) is 4. The van der Waals surface area contributed by atoms with E-state index in [1.54, 1.807) is 7.05 Å². The lowest BCUT2D eigenvalue weighted by Gasteiger charge is -2.24. The van der Waals surface area contributed by atoms with Crippen molar-refractivity contribution >= 4 is 11.8 Å². The van der Waals surface area contributed by atoms with Gasteiger partial charge in [0.1, 0.15) is 6.10 Å². The number of aliphatic hydroxyl groups is 1. The van der Waals surface area contributed by atoms with E-state index < -0.39 is 18.1 Å². The monoisotopic (exact) mass is 257 g/mol. The summed E-state index contributed by atoms with van der Waals surface area (Å²) >= 11 is 0. The molecule has 0 aromatic heterocycles. The molecule has 0 aliphatic carbocycles. The summed E-state index contributed by atoms with van der Waals surface area (Å²) in [4.78, 5) is 23.2. The molecule has 0 bridgehead atoms. The Bertz CT molecular complexity index is 307. The summed E-state index contributed by atoms with van der Waals surface area (Å²) in [6.45, 7) is 4.35. The van der Waals surface area contributed by atoms with Gasteiger partial charge in [-0.05, 0) is 33.7 Å². The van der Waals surface area contributed by atoms with Gasteiger partial charge in [-0.3, -0.25) is 9.59 Å². The number of aliphatic hydroxyl groups excluding tert-OH is 1. The summed E-state index contributed by atoms with van der Waals surface area (Å²) in [5.41, 5.74) is 0. The van der Waals surface area contributed by atoms with Crippen LogP contribution >= 0.6 is 0 Å². The lowest BCUT2D eigenvalue weighted by molar-refractivity contribution is -0.132. The molecule has 0 saturated carbocycles. The van der Waals surface area contributed by atoms with Gasteiger partial charge >= 0.3 is 0 Å². The van der Waals surface area contributed by atoms with E-state index in [1.807, 2.05) is 13.8 Å². The number of carbonyl (C=O) groups excluding carboxylic acids is 2. The van der Waals surface area contributed by atoms with Crippen LogP contribution in [0.3, 0.4) is 0 Å². The Morgan fingerprint density at radius 1 is 1.56 bits per heavy atom. The number of amides is 2. The van der Waals surface area contributed by atoms with E-state index in [9.17, 15) is 14.7 Å². The number of likely N-dealkylation sites (N-methyl/N-ethyl adjacent to an activating group) is 1. The summed E-state index contributed by atoms with van der Waals surface area (Å²) in [5.74, 6) is -0.515. The summed E-state index contributed by atoms with van der Waals surface area (Å²) < 4.78 is 0. The molecule has 3 atom stereocenters. The van der Waals surface area contributed by atoms with Crippen molar-refractivity contribution < 1.29 is 14.7 Å². The van der Waals surface area contributed by atoms with E-state index in [4.69, 9.17) is 0 Å². The molecule has 1 heterocycles. The van der Waals surface area contributed by atoms with E-state index >= 15 is 0 Å². The predicted molar refractivity (Wildman–Crippen MR) is 67.9 cm³/mol. The SMILES string of the molecule is CNC(CC1CCNC1=O)C(O)C(=O)NC(C)C. The number of rotatable bonds is 6. The summed E-state index contributed by atoms with van der Waals surface area (Å²) in [7, 11) is 1.68. The zero-order valence-corrected chi connectivity index (χ0v) is 11.2. The third kappa shape index (κ3) is 3.96. The van der Waals surface area contributed by atoms with Gasteiger partial charge in [-0.2, -0.15) is 0 Å². The second-order valence-corrected chi connectivity index (χ2v) is 5.02. The second-order valence-electron chi connectivity index (χ2n) is 5.02. The van der Waals surface area contributed by atoms with Crippen LogP contribution in [0, 0.1) is 5.92 Å². The summed E-state index contributed by atoms with van der Waals surface area (Å²) in [6, 6.07) is -0.419. The van der Waals surface area contributed by atoms with Crippen LogP contribution in [0.15, 0.2) is 0 Å². The maximum atomic E-state index is 11.7. The Morgan fingerprint density at radius 2 is 2.22 bits per heavy atom. The quantitative estimate of drug-likeness (QED) is 0.490. The average molecular weight is 257 g/mol. The van der Waals surface area contributed by atoms with Crippen LogP contribution in [0.4, 0.5) is 0 Å². The topological polar surface area (TPSA) is 90.5 Å². The zero-order chi connectivity index (χ0) is 13.7. The molecule has 1 aliphatic heterocycles. The van der Waals surface area contributed by atoms with Gasteiger partial charge in [0, 0.05) is 24.5 Å². The Labute approximate surface area is 108 Å². The number of hydrogen-bond acceptors (Lipinski definition) is 4. The van der Waals surface area contributed by atoms with Crippen molar-refractivity contribution in [2.75, 3.05) is 13.6 Å². The van der Waals surface area contributed by atoms with Crippen molar-refractivity contribution in [3.8, 4) is 0 Å². The van der Waals surface area contributed by atoms with Crippen molar-refractivity contribution in [2.24, 2.45) is 5.92 Å². The van der Waals surface area contributed by atoms with Gasteiger partial charge in [0.15, 0.2) is 0 Å². The highest BCUT2D eigenvalue weighted by atomic mass is 16.3. The molecule has 1 aliphatic rings. The van der Waals surface area contributed by atoms with Gasteiger partial charge in [0.2, 0.25) is 5.91 Å². The van der Waals surface area contributed by atoms with Crippen molar-refractivity contribution in [1.82, 2.24) is 16.0 Å². The molecule has 18 heavy (non-hydrogen) atoms. The maximum absolute atomic E-state index is 11.7. The molecule has 4 N–H and O–H groups in total. The Hall–Kier alpha value is -1.14. The lowest BCUT2D eigenvalue weighted by Crippen LogP contribution is -2.50. The third-order valence-electron chi connectivity index (χ3n) is 3.15. The van der Waals surface area contributed by atoms with Crippen LogP contribution in [-0.2, 0) is 9.59 Å². The van der Waals surface area contributed by atoms with E-state index in [2.05, 4.69) is 16.0 Å². The van der Waals surface area contributed by atoms with Crippen molar-refractivity contribution in [1.29, 1.82) is 0 Å². The first-order chi connectivity index (χ1) is 8.45. The van der Waals surface area contributed by atoms with Gasteiger partial charge in [-0.1, -0.05) is 0 Å². The molecule has 0 spiro atoms. The molecule has 1 fully saturated rings. The first kappa shape index (κ1) is 14.9. The van der Waals surface area contributed by atoms with Gasteiger partial charge < -0.3 is 21.1 Å². The molecule has 0 aromatic rings. The number of nitrogens with one attached hydrogen (secondary N) is 3. The fourth-order valence-corrected chi connectivity index (χ4v) is 2.13.